The normalized spacial score (nSPS) is 15.1. The Hall–Kier alpha value is -0.610. The quantitative estimate of drug-likeness (QED) is 0.808. The van der Waals surface area contributed by atoms with Gasteiger partial charge in [0, 0.05) is 25.7 Å². The van der Waals surface area contributed by atoms with Crippen LogP contribution in [0.1, 0.15) is 12.5 Å². The number of benzene rings is 1. The van der Waals surface area contributed by atoms with E-state index >= 15 is 0 Å². The van der Waals surface area contributed by atoms with E-state index in [1.165, 1.54) is 14.2 Å². The molecule has 0 bridgehead atoms. The van der Waals surface area contributed by atoms with Crippen LogP contribution in [-0.4, -0.2) is 31.2 Å². The van der Waals surface area contributed by atoms with Gasteiger partial charge in [-0.3, -0.25) is 0 Å². The second-order valence-corrected chi connectivity index (χ2v) is 4.34. The van der Waals surface area contributed by atoms with Gasteiger partial charge in [-0.05, 0) is 18.6 Å². The van der Waals surface area contributed by atoms with E-state index < -0.39 is 11.9 Å². The zero-order chi connectivity index (χ0) is 12.2. The summed E-state index contributed by atoms with van der Waals surface area (Å²) in [5, 5.41) is 10.9. The molecule has 0 saturated heterocycles. The van der Waals surface area contributed by atoms with E-state index in [0.717, 1.165) is 5.56 Å². The first kappa shape index (κ1) is 13.5. The number of aliphatic hydroxyl groups is 1. The van der Waals surface area contributed by atoms with Crippen LogP contribution in [0.4, 0.5) is 0 Å². The molecular weight excluding hydrogens is 228 g/mol. The van der Waals surface area contributed by atoms with Gasteiger partial charge in [-0.2, -0.15) is 0 Å². The maximum absolute atomic E-state index is 10.2. The molecule has 1 rings (SSSR count). The highest BCUT2D eigenvalue weighted by molar-refractivity contribution is 6.31. The molecule has 0 amide bonds. The number of ether oxygens (including phenoxy) is 2. The standard InChI is InChI=1S/C12H17ClO3/c1-12(14,11(15-2)16-3)8-9-6-4-5-7-10(9)13/h4-7,11,14H,8H2,1-3H3. The minimum absolute atomic E-state index is 0.374. The molecule has 1 N–H and O–H groups in total. The summed E-state index contributed by atoms with van der Waals surface area (Å²) in [4.78, 5) is 0. The van der Waals surface area contributed by atoms with Crippen LogP contribution < -0.4 is 0 Å². The summed E-state index contributed by atoms with van der Waals surface area (Å²) in [5.41, 5.74) is -0.248. The lowest BCUT2D eigenvalue weighted by molar-refractivity contribution is -0.207. The van der Waals surface area contributed by atoms with E-state index in [1.54, 1.807) is 13.0 Å². The Balaban J connectivity index is 2.83. The minimum atomic E-state index is -1.12. The van der Waals surface area contributed by atoms with Crippen molar-refractivity contribution in [1.29, 1.82) is 0 Å². The maximum Gasteiger partial charge on any atom is 0.185 e. The molecule has 0 spiro atoms. The van der Waals surface area contributed by atoms with Crippen molar-refractivity contribution in [3.63, 3.8) is 0 Å². The van der Waals surface area contributed by atoms with Crippen LogP contribution in [0.5, 0.6) is 0 Å². The minimum Gasteiger partial charge on any atom is -0.385 e. The van der Waals surface area contributed by atoms with E-state index in [-0.39, 0.29) is 0 Å². The van der Waals surface area contributed by atoms with Gasteiger partial charge in [-0.25, -0.2) is 0 Å². The van der Waals surface area contributed by atoms with Crippen molar-refractivity contribution in [3.8, 4) is 0 Å². The molecule has 0 saturated carbocycles. The third kappa shape index (κ3) is 3.19. The Bertz CT molecular complexity index is 335. The molecule has 0 radical (unpaired) electrons. The molecule has 0 aliphatic heterocycles. The van der Waals surface area contributed by atoms with E-state index in [1.807, 2.05) is 18.2 Å². The summed E-state index contributed by atoms with van der Waals surface area (Å²) >= 11 is 6.03. The summed E-state index contributed by atoms with van der Waals surface area (Å²) in [7, 11) is 2.99. The van der Waals surface area contributed by atoms with Crippen molar-refractivity contribution >= 4 is 11.6 Å². The van der Waals surface area contributed by atoms with Gasteiger partial charge < -0.3 is 14.6 Å². The van der Waals surface area contributed by atoms with Crippen LogP contribution in [0.15, 0.2) is 24.3 Å². The predicted molar refractivity (Wildman–Crippen MR) is 63.6 cm³/mol. The average molecular weight is 245 g/mol. The van der Waals surface area contributed by atoms with Gasteiger partial charge in [0.25, 0.3) is 0 Å². The lowest BCUT2D eigenvalue weighted by Crippen LogP contribution is -2.43. The van der Waals surface area contributed by atoms with Crippen molar-refractivity contribution in [3.05, 3.63) is 34.9 Å². The molecule has 90 valence electrons. The topological polar surface area (TPSA) is 38.7 Å². The molecule has 16 heavy (non-hydrogen) atoms. The van der Waals surface area contributed by atoms with Crippen LogP contribution in [0.3, 0.4) is 0 Å². The second-order valence-electron chi connectivity index (χ2n) is 3.93. The second kappa shape index (κ2) is 5.64. The zero-order valence-electron chi connectivity index (χ0n) is 9.74. The Morgan fingerprint density at radius 3 is 2.38 bits per heavy atom. The first-order valence-corrected chi connectivity index (χ1v) is 5.40. The highest BCUT2D eigenvalue weighted by Gasteiger charge is 2.32. The summed E-state index contributed by atoms with van der Waals surface area (Å²) in [5.74, 6) is 0. The molecule has 1 unspecified atom stereocenters. The Labute approximate surface area is 101 Å². The Kier molecular flexibility index (Phi) is 4.74. The fourth-order valence-corrected chi connectivity index (χ4v) is 1.92. The molecule has 1 aromatic rings. The number of methoxy groups -OCH3 is 2. The largest absolute Gasteiger partial charge is 0.385 e. The van der Waals surface area contributed by atoms with Crippen molar-refractivity contribution in [2.75, 3.05) is 14.2 Å². The molecule has 1 aromatic carbocycles. The molecule has 0 heterocycles. The predicted octanol–water partition coefficient (Wildman–Crippen LogP) is 2.25. The highest BCUT2D eigenvalue weighted by atomic mass is 35.5. The molecular formula is C12H17ClO3. The number of halogens is 1. The smallest absolute Gasteiger partial charge is 0.185 e. The number of hydrogen-bond acceptors (Lipinski definition) is 3. The lowest BCUT2D eigenvalue weighted by atomic mass is 9.96. The number of hydrogen-bond donors (Lipinski definition) is 1. The average Bonchev–Trinajstić information content (AvgIpc) is 2.22. The highest BCUT2D eigenvalue weighted by Crippen LogP contribution is 2.24. The zero-order valence-corrected chi connectivity index (χ0v) is 10.5. The van der Waals surface area contributed by atoms with Gasteiger partial charge in [-0.1, -0.05) is 29.8 Å². The van der Waals surface area contributed by atoms with Crippen LogP contribution >= 0.6 is 11.6 Å². The first-order chi connectivity index (χ1) is 7.51. The van der Waals surface area contributed by atoms with Gasteiger partial charge >= 0.3 is 0 Å². The van der Waals surface area contributed by atoms with Gasteiger partial charge in [0.15, 0.2) is 6.29 Å². The fraction of sp³-hybridized carbons (Fsp3) is 0.500. The Morgan fingerprint density at radius 2 is 1.88 bits per heavy atom. The van der Waals surface area contributed by atoms with E-state index in [4.69, 9.17) is 21.1 Å². The van der Waals surface area contributed by atoms with E-state index in [0.29, 0.717) is 11.4 Å². The molecule has 0 fully saturated rings. The van der Waals surface area contributed by atoms with Gasteiger partial charge in [-0.15, -0.1) is 0 Å². The van der Waals surface area contributed by atoms with Crippen LogP contribution in [-0.2, 0) is 15.9 Å². The van der Waals surface area contributed by atoms with E-state index in [9.17, 15) is 5.11 Å². The molecule has 0 aliphatic rings. The molecule has 1 atom stereocenters. The van der Waals surface area contributed by atoms with Crippen LogP contribution in [0.2, 0.25) is 5.02 Å². The third-order valence-corrected chi connectivity index (χ3v) is 2.81. The molecule has 3 nitrogen and oxygen atoms in total. The molecule has 4 heteroatoms. The van der Waals surface area contributed by atoms with Crippen molar-refractivity contribution < 1.29 is 14.6 Å². The van der Waals surface area contributed by atoms with Gasteiger partial charge in [0.2, 0.25) is 0 Å². The summed E-state index contributed by atoms with van der Waals surface area (Å²) in [6.45, 7) is 1.66. The SMILES string of the molecule is COC(OC)C(C)(O)Cc1ccccc1Cl. The summed E-state index contributed by atoms with van der Waals surface area (Å²) in [6.07, 6.45) is -0.303. The van der Waals surface area contributed by atoms with Crippen molar-refractivity contribution in [1.82, 2.24) is 0 Å². The summed E-state index contributed by atoms with van der Waals surface area (Å²) < 4.78 is 10.1. The monoisotopic (exact) mass is 244 g/mol. The fourth-order valence-electron chi connectivity index (χ4n) is 1.71. The van der Waals surface area contributed by atoms with Gasteiger partial charge in [0.05, 0.1) is 0 Å². The first-order valence-electron chi connectivity index (χ1n) is 5.02. The lowest BCUT2D eigenvalue weighted by Gasteiger charge is -2.30. The van der Waals surface area contributed by atoms with E-state index in [2.05, 4.69) is 0 Å². The Morgan fingerprint density at radius 1 is 1.31 bits per heavy atom. The van der Waals surface area contributed by atoms with Crippen molar-refractivity contribution in [2.24, 2.45) is 0 Å². The van der Waals surface area contributed by atoms with Gasteiger partial charge in [0.1, 0.15) is 5.60 Å². The van der Waals surface area contributed by atoms with Crippen LogP contribution in [0, 0.1) is 0 Å². The summed E-state index contributed by atoms with van der Waals surface area (Å²) in [6, 6.07) is 7.40. The number of rotatable bonds is 5. The third-order valence-electron chi connectivity index (χ3n) is 2.44. The molecule has 0 aromatic heterocycles. The molecule has 0 aliphatic carbocycles. The van der Waals surface area contributed by atoms with Crippen LogP contribution in [0.25, 0.3) is 0 Å². The van der Waals surface area contributed by atoms with Crippen molar-refractivity contribution in [2.45, 2.75) is 25.2 Å². The maximum atomic E-state index is 10.2.